The van der Waals surface area contributed by atoms with Crippen molar-refractivity contribution in [2.45, 2.75) is 31.2 Å². The van der Waals surface area contributed by atoms with Crippen molar-refractivity contribution in [3.05, 3.63) is 0 Å². The highest BCUT2D eigenvalue weighted by Gasteiger charge is 2.44. The van der Waals surface area contributed by atoms with Crippen molar-refractivity contribution in [3.63, 3.8) is 0 Å². The molecule has 4 N–H and O–H groups in total. The van der Waals surface area contributed by atoms with Crippen LogP contribution in [-0.2, 0) is 9.57 Å². The Hall–Kier alpha value is -0.280. The van der Waals surface area contributed by atoms with Crippen LogP contribution in [0.15, 0.2) is 0 Å². The number of nitrogens with zero attached hydrogens (tertiary/aromatic N) is 1. The van der Waals surface area contributed by atoms with Crippen LogP contribution in [0.4, 0.5) is 0 Å². The van der Waals surface area contributed by atoms with Gasteiger partial charge in [-0.05, 0) is 18.8 Å². The van der Waals surface area contributed by atoms with Crippen molar-refractivity contribution in [2.75, 3.05) is 13.7 Å². The van der Waals surface area contributed by atoms with Gasteiger partial charge in [-0.15, -0.1) is 0 Å². The van der Waals surface area contributed by atoms with E-state index in [1.54, 1.807) is 0 Å². The molecular weight excluding hydrogens is 206 g/mol. The van der Waals surface area contributed by atoms with E-state index in [0.29, 0.717) is 12.8 Å². The van der Waals surface area contributed by atoms with Gasteiger partial charge >= 0.3 is 0 Å². The zero-order chi connectivity index (χ0) is 11.4. The van der Waals surface area contributed by atoms with E-state index < -0.39 is 23.7 Å². The zero-order valence-electron chi connectivity index (χ0n) is 8.48. The molecule has 0 aromatic rings. The lowest BCUT2D eigenvalue weighted by atomic mass is 10.0. The molecule has 0 bridgehead atoms. The summed E-state index contributed by atoms with van der Waals surface area (Å²) < 4.78 is 5.06. The third-order valence-corrected chi connectivity index (χ3v) is 2.74. The molecule has 7 heteroatoms. The van der Waals surface area contributed by atoms with Crippen LogP contribution >= 0.6 is 0 Å². The Morgan fingerprint density at radius 1 is 1.40 bits per heavy atom. The summed E-state index contributed by atoms with van der Waals surface area (Å²) in [5.74, 6) is -0.162. The first-order valence-corrected chi connectivity index (χ1v) is 4.76. The Balaban J connectivity index is 2.58. The van der Waals surface area contributed by atoms with Crippen molar-refractivity contribution in [1.29, 1.82) is 0 Å². The van der Waals surface area contributed by atoms with Gasteiger partial charge in [0.05, 0.1) is 17.6 Å². The number of aliphatic hydroxyl groups excluding tert-OH is 2. The molecule has 0 saturated heterocycles. The number of aliphatic hydroxyl groups is 2. The lowest BCUT2D eigenvalue weighted by molar-refractivity contribution is -0.511. The number of hydrogen-bond acceptors (Lipinski definition) is 7. The van der Waals surface area contributed by atoms with E-state index in [9.17, 15) is 5.11 Å². The van der Waals surface area contributed by atoms with Crippen LogP contribution in [0.2, 0.25) is 0 Å². The molecule has 1 saturated carbocycles. The van der Waals surface area contributed by atoms with Crippen molar-refractivity contribution in [1.82, 2.24) is 5.39 Å². The highest BCUT2D eigenvalue weighted by molar-refractivity contribution is 4.92. The molecule has 7 nitrogen and oxygen atoms in total. The monoisotopic (exact) mass is 223 g/mol. The summed E-state index contributed by atoms with van der Waals surface area (Å²) in [6.07, 6.45) is -1.20. The maximum atomic E-state index is 9.77. The van der Waals surface area contributed by atoms with Crippen LogP contribution in [0.5, 0.6) is 0 Å². The summed E-state index contributed by atoms with van der Waals surface area (Å²) in [5.41, 5.74) is 0. The summed E-state index contributed by atoms with van der Waals surface area (Å²) in [6, 6.07) is 0. The quantitative estimate of drug-likeness (QED) is 0.450. The normalized spacial score (nSPS) is 36.4. The summed E-state index contributed by atoms with van der Waals surface area (Å²) in [5, 5.41) is 35.1. The average Bonchev–Trinajstić information content (AvgIpc) is 2.46. The number of rotatable bonds is 5. The van der Waals surface area contributed by atoms with Crippen LogP contribution in [0, 0.1) is 5.92 Å². The van der Waals surface area contributed by atoms with Crippen LogP contribution in [-0.4, -0.2) is 58.0 Å². The summed E-state index contributed by atoms with van der Waals surface area (Å²) >= 11 is 0. The van der Waals surface area contributed by atoms with Gasteiger partial charge in [0.15, 0.2) is 0 Å². The third-order valence-electron chi connectivity index (χ3n) is 2.74. The molecule has 0 amide bonds. The second-order valence-corrected chi connectivity index (χ2v) is 3.60. The zero-order valence-corrected chi connectivity index (χ0v) is 8.48. The predicted octanol–water partition coefficient (Wildman–Crippen LogP) is -0.855. The van der Waals surface area contributed by atoms with Crippen molar-refractivity contribution in [2.24, 2.45) is 5.92 Å². The van der Waals surface area contributed by atoms with Gasteiger partial charge in [0.25, 0.3) is 0 Å². The molecular formula is C8H17NO6. The minimum atomic E-state index is -0.885. The van der Waals surface area contributed by atoms with Gasteiger partial charge in [-0.2, -0.15) is 0 Å². The molecule has 1 fully saturated rings. The average molecular weight is 223 g/mol. The predicted molar refractivity (Wildman–Crippen MR) is 46.9 cm³/mol. The van der Waals surface area contributed by atoms with Crippen LogP contribution in [0.3, 0.4) is 0 Å². The molecule has 0 radical (unpaired) electrons. The Labute approximate surface area is 87.3 Å². The standard InChI is InChI=1S/C8H17NO6/c1-14-6-4-5(2-3-10)7(11)8(6)15-9(12)13/h5-8,10-13H,2-4H2,1H3/t5-,6+,7-,8-/m0/s1. The lowest BCUT2D eigenvalue weighted by Gasteiger charge is -2.22. The molecule has 0 aliphatic heterocycles. The van der Waals surface area contributed by atoms with Gasteiger partial charge in [0.1, 0.15) is 6.10 Å². The molecule has 0 spiro atoms. The van der Waals surface area contributed by atoms with E-state index in [4.69, 9.17) is 20.3 Å². The molecule has 1 aliphatic carbocycles. The summed E-state index contributed by atoms with van der Waals surface area (Å²) in [4.78, 5) is 4.59. The Kier molecular flexibility index (Phi) is 4.87. The Morgan fingerprint density at radius 2 is 2.07 bits per heavy atom. The molecule has 1 rings (SSSR count). The van der Waals surface area contributed by atoms with Crippen molar-refractivity contribution >= 4 is 0 Å². The van der Waals surface area contributed by atoms with E-state index >= 15 is 0 Å². The second kappa shape index (κ2) is 5.71. The molecule has 90 valence electrons. The molecule has 0 unspecified atom stereocenters. The van der Waals surface area contributed by atoms with Crippen molar-refractivity contribution in [3.8, 4) is 0 Å². The first-order chi connectivity index (χ1) is 7.10. The molecule has 1 aliphatic rings. The van der Waals surface area contributed by atoms with Gasteiger partial charge in [-0.1, -0.05) is 0 Å². The van der Waals surface area contributed by atoms with Gasteiger partial charge < -0.3 is 14.9 Å². The maximum Gasteiger partial charge on any atom is 0.136 e. The van der Waals surface area contributed by atoms with Crippen LogP contribution < -0.4 is 0 Å². The minimum Gasteiger partial charge on any atom is -0.396 e. The number of methoxy groups -OCH3 is 1. The smallest absolute Gasteiger partial charge is 0.136 e. The summed E-state index contributed by atoms with van der Waals surface area (Å²) in [7, 11) is 1.45. The molecule has 0 aromatic carbocycles. The van der Waals surface area contributed by atoms with Crippen molar-refractivity contribution < 1.29 is 30.2 Å². The molecule has 15 heavy (non-hydrogen) atoms. The third kappa shape index (κ3) is 3.08. The van der Waals surface area contributed by atoms with E-state index in [2.05, 4.69) is 4.84 Å². The van der Waals surface area contributed by atoms with Gasteiger partial charge in [-0.3, -0.25) is 10.4 Å². The van der Waals surface area contributed by atoms with Crippen LogP contribution in [0.25, 0.3) is 0 Å². The lowest BCUT2D eigenvalue weighted by Crippen LogP contribution is -2.39. The summed E-state index contributed by atoms with van der Waals surface area (Å²) in [6.45, 7) is -0.0349. The fraction of sp³-hybridized carbons (Fsp3) is 1.00. The van der Waals surface area contributed by atoms with E-state index in [0.717, 1.165) is 0 Å². The second-order valence-electron chi connectivity index (χ2n) is 3.60. The topological polar surface area (TPSA) is 103 Å². The van der Waals surface area contributed by atoms with Gasteiger partial charge in [0, 0.05) is 13.7 Å². The van der Waals surface area contributed by atoms with Gasteiger partial charge in [0.2, 0.25) is 0 Å². The first-order valence-electron chi connectivity index (χ1n) is 4.76. The SMILES string of the molecule is CO[C@@H]1C[C@H](CCO)[C@H](O)[C@H]1ON(O)O. The number of hydrogen-bond donors (Lipinski definition) is 4. The fourth-order valence-electron chi connectivity index (χ4n) is 1.98. The molecule has 4 atom stereocenters. The highest BCUT2D eigenvalue weighted by Crippen LogP contribution is 2.32. The number of ether oxygens (including phenoxy) is 1. The molecule has 0 heterocycles. The largest absolute Gasteiger partial charge is 0.396 e. The first kappa shape index (κ1) is 12.8. The highest BCUT2D eigenvalue weighted by atomic mass is 17.1. The molecule has 0 aromatic heterocycles. The fourth-order valence-corrected chi connectivity index (χ4v) is 1.98. The van der Waals surface area contributed by atoms with E-state index in [-0.39, 0.29) is 12.5 Å². The van der Waals surface area contributed by atoms with Crippen LogP contribution in [0.1, 0.15) is 12.8 Å². The minimum absolute atomic E-state index is 0.0349. The Morgan fingerprint density at radius 3 is 2.53 bits per heavy atom. The van der Waals surface area contributed by atoms with E-state index in [1.807, 2.05) is 0 Å². The Bertz CT molecular complexity index is 190. The van der Waals surface area contributed by atoms with E-state index in [1.165, 1.54) is 7.11 Å². The van der Waals surface area contributed by atoms with Gasteiger partial charge in [-0.25, -0.2) is 4.84 Å². The maximum absolute atomic E-state index is 9.77.